The zero-order valence-electron chi connectivity index (χ0n) is 28.9. The molecule has 3 saturated carbocycles. The van der Waals surface area contributed by atoms with Gasteiger partial charge in [-0.05, 0) is 127 Å². The van der Waals surface area contributed by atoms with Crippen LogP contribution in [0.4, 0.5) is 0 Å². The zero-order chi connectivity index (χ0) is 29.7. The lowest BCUT2D eigenvalue weighted by molar-refractivity contribution is -0.140. The minimum Gasteiger partial charge on any atom is -0.120 e. The molecule has 0 amide bonds. The summed E-state index contributed by atoms with van der Waals surface area (Å²) >= 11 is 0. The summed E-state index contributed by atoms with van der Waals surface area (Å²) in [6.45, 7) is 28.0. The van der Waals surface area contributed by atoms with Crippen LogP contribution in [0.25, 0.3) is 0 Å². The van der Waals surface area contributed by atoms with Gasteiger partial charge in [-0.2, -0.15) is 0 Å². The van der Waals surface area contributed by atoms with E-state index in [1.54, 1.807) is 0 Å². The van der Waals surface area contributed by atoms with Crippen molar-refractivity contribution < 1.29 is 0 Å². The molecule has 0 aromatic heterocycles. The minimum absolute atomic E-state index is 0.282. The third-order valence-corrected chi connectivity index (χ3v) is 15.1. The van der Waals surface area contributed by atoms with Crippen LogP contribution < -0.4 is 0 Å². The van der Waals surface area contributed by atoms with Crippen LogP contribution in [-0.2, 0) is 0 Å². The summed E-state index contributed by atoms with van der Waals surface area (Å²) in [6.07, 6.45) is 26.6. The predicted octanol–water partition coefficient (Wildman–Crippen LogP) is 12.1. The van der Waals surface area contributed by atoms with E-state index in [4.69, 9.17) is 6.42 Å². The number of rotatable bonds is 9. The molecule has 0 radical (unpaired) electrons. The average molecular weight is 549 g/mol. The monoisotopic (exact) mass is 549 g/mol. The molecule has 0 aliphatic heterocycles. The number of terminal acetylenes is 1. The van der Waals surface area contributed by atoms with Crippen molar-refractivity contribution in [2.24, 2.45) is 68.5 Å². The average Bonchev–Trinajstić information content (AvgIpc) is 3.14. The third-order valence-electron chi connectivity index (χ3n) is 15.1. The first-order valence-electron chi connectivity index (χ1n) is 17.7. The summed E-state index contributed by atoms with van der Waals surface area (Å²) in [6, 6.07) is 0. The summed E-state index contributed by atoms with van der Waals surface area (Å²) in [5.74, 6) is 8.58. The Morgan fingerprint density at radius 2 is 1.60 bits per heavy atom. The fraction of sp³-hybridized carbons (Fsp3) is 0.900. The largest absolute Gasteiger partial charge is 0.120 e. The maximum Gasteiger partial charge on any atom is 0.0203 e. The second-order valence-corrected chi connectivity index (χ2v) is 18.1. The van der Waals surface area contributed by atoms with Gasteiger partial charge in [-0.15, -0.1) is 12.3 Å². The highest BCUT2D eigenvalue weighted by atomic mass is 14.7. The van der Waals surface area contributed by atoms with Crippen molar-refractivity contribution in [1.29, 1.82) is 0 Å². The molecule has 0 heterocycles. The first-order valence-corrected chi connectivity index (χ1v) is 17.7. The molecule has 40 heavy (non-hydrogen) atoms. The van der Waals surface area contributed by atoms with Crippen LogP contribution >= 0.6 is 0 Å². The fourth-order valence-electron chi connectivity index (χ4n) is 11.0. The SMILES string of the molecule is C#CC(CCCC(C)CC)CC1CCC2C(=CCC3C2(C)CCC2(C)C(CC(C)C(C)(C)C)CC[C@@]32C)C1(C)C. The molecule has 0 saturated heterocycles. The smallest absolute Gasteiger partial charge is 0.0203 e. The van der Waals surface area contributed by atoms with Crippen molar-refractivity contribution in [2.75, 3.05) is 0 Å². The van der Waals surface area contributed by atoms with Gasteiger partial charge in [-0.25, -0.2) is 0 Å². The molecule has 10 atom stereocenters. The maximum atomic E-state index is 6.14. The van der Waals surface area contributed by atoms with Crippen LogP contribution in [0, 0.1) is 80.8 Å². The van der Waals surface area contributed by atoms with Gasteiger partial charge < -0.3 is 0 Å². The van der Waals surface area contributed by atoms with Crippen molar-refractivity contribution in [2.45, 2.75) is 160 Å². The summed E-state index contributed by atoms with van der Waals surface area (Å²) in [4.78, 5) is 0. The lowest BCUT2D eigenvalue weighted by Crippen LogP contribution is -2.58. The molecule has 0 aromatic rings. The lowest BCUT2D eigenvalue weighted by Gasteiger charge is -2.66. The Kier molecular flexibility index (Phi) is 9.20. The molecule has 4 aliphatic carbocycles. The molecular formula is C40H68. The Morgan fingerprint density at radius 3 is 2.23 bits per heavy atom. The van der Waals surface area contributed by atoms with Crippen LogP contribution in [-0.4, -0.2) is 0 Å². The zero-order valence-corrected chi connectivity index (χ0v) is 28.9. The Bertz CT molecular complexity index is 952. The first kappa shape index (κ1) is 32.2. The fourth-order valence-corrected chi connectivity index (χ4v) is 11.0. The Balaban J connectivity index is 1.52. The van der Waals surface area contributed by atoms with Gasteiger partial charge in [-0.1, -0.05) is 107 Å². The highest BCUT2D eigenvalue weighted by Gasteiger charge is 2.66. The molecule has 0 heteroatoms. The molecule has 3 fully saturated rings. The molecule has 0 aromatic carbocycles. The van der Waals surface area contributed by atoms with Gasteiger partial charge in [0.2, 0.25) is 0 Å². The lowest BCUT2D eigenvalue weighted by atomic mass is 9.38. The standard InChI is InChI=1S/C40H68/c1-13-28(3)16-15-17-30(14-2)27-31-18-19-34-33(37(31,8)9)20-21-35-38(34,10)24-25-39(11)32(22-23-40(35,39)12)26-29(4)36(5,6)7/h2,20,28-32,34-35H,13,15-19,21-27H2,1,3-12H3/t28?,29?,30?,31?,32?,34?,35?,38?,39?,40-/m0/s1. The van der Waals surface area contributed by atoms with Gasteiger partial charge in [0.15, 0.2) is 0 Å². The van der Waals surface area contributed by atoms with Crippen molar-refractivity contribution >= 4 is 0 Å². The Labute approximate surface area is 251 Å². The van der Waals surface area contributed by atoms with Gasteiger partial charge in [-0.3, -0.25) is 0 Å². The van der Waals surface area contributed by atoms with Crippen molar-refractivity contribution in [1.82, 2.24) is 0 Å². The summed E-state index contributed by atoms with van der Waals surface area (Å²) in [5, 5.41) is 0. The Morgan fingerprint density at radius 1 is 0.900 bits per heavy atom. The van der Waals surface area contributed by atoms with E-state index < -0.39 is 0 Å². The topological polar surface area (TPSA) is 0 Å². The van der Waals surface area contributed by atoms with E-state index in [2.05, 4.69) is 88.2 Å². The molecular weight excluding hydrogens is 480 g/mol. The van der Waals surface area contributed by atoms with Crippen LogP contribution in [0.3, 0.4) is 0 Å². The second-order valence-electron chi connectivity index (χ2n) is 18.1. The number of hydrogen-bond acceptors (Lipinski definition) is 0. The van der Waals surface area contributed by atoms with Gasteiger partial charge in [0.25, 0.3) is 0 Å². The Hall–Kier alpha value is -0.700. The van der Waals surface area contributed by atoms with E-state index in [9.17, 15) is 0 Å². The normalized spacial score (nSPS) is 41.1. The van der Waals surface area contributed by atoms with Gasteiger partial charge >= 0.3 is 0 Å². The van der Waals surface area contributed by atoms with Crippen LogP contribution in [0.5, 0.6) is 0 Å². The third kappa shape index (κ3) is 5.41. The van der Waals surface area contributed by atoms with Crippen LogP contribution in [0.2, 0.25) is 0 Å². The predicted molar refractivity (Wildman–Crippen MR) is 176 cm³/mol. The molecule has 0 N–H and O–H groups in total. The quantitative estimate of drug-likeness (QED) is 0.198. The number of allylic oxidation sites excluding steroid dienone is 2. The summed E-state index contributed by atoms with van der Waals surface area (Å²) in [7, 11) is 0. The number of fused-ring (bicyclic) bond motifs is 5. The molecule has 4 aliphatic rings. The van der Waals surface area contributed by atoms with E-state index in [1.165, 1.54) is 83.5 Å². The molecule has 4 rings (SSSR count). The highest BCUT2D eigenvalue weighted by Crippen LogP contribution is 2.75. The van der Waals surface area contributed by atoms with Crippen molar-refractivity contribution in [3.63, 3.8) is 0 Å². The van der Waals surface area contributed by atoms with E-state index in [1.807, 2.05) is 5.57 Å². The molecule has 0 nitrogen and oxygen atoms in total. The van der Waals surface area contributed by atoms with E-state index in [0.29, 0.717) is 27.6 Å². The molecule has 0 spiro atoms. The molecule has 228 valence electrons. The van der Waals surface area contributed by atoms with Crippen LogP contribution in [0.15, 0.2) is 11.6 Å². The van der Waals surface area contributed by atoms with E-state index in [0.717, 1.165) is 35.5 Å². The van der Waals surface area contributed by atoms with E-state index >= 15 is 0 Å². The van der Waals surface area contributed by atoms with Gasteiger partial charge in [0.1, 0.15) is 0 Å². The molecule has 0 bridgehead atoms. The minimum atomic E-state index is 0.282. The van der Waals surface area contributed by atoms with Crippen molar-refractivity contribution in [3.8, 4) is 12.3 Å². The molecule has 9 unspecified atom stereocenters. The van der Waals surface area contributed by atoms with Crippen LogP contribution in [0.1, 0.15) is 160 Å². The first-order chi connectivity index (χ1) is 18.5. The summed E-state index contributed by atoms with van der Waals surface area (Å²) < 4.78 is 0. The maximum absolute atomic E-state index is 6.14. The summed E-state index contributed by atoms with van der Waals surface area (Å²) in [5.41, 5.74) is 3.98. The van der Waals surface area contributed by atoms with Gasteiger partial charge in [0, 0.05) is 5.92 Å². The highest BCUT2D eigenvalue weighted by molar-refractivity contribution is 5.30. The van der Waals surface area contributed by atoms with E-state index in [-0.39, 0.29) is 5.41 Å². The van der Waals surface area contributed by atoms with Gasteiger partial charge in [0.05, 0.1) is 0 Å². The number of hydrogen-bond donors (Lipinski definition) is 0. The second kappa shape index (κ2) is 11.4. The van der Waals surface area contributed by atoms with Crippen molar-refractivity contribution in [3.05, 3.63) is 11.6 Å².